The molecule has 0 saturated heterocycles. The SMILES string of the molecule is COc1c(N)cc(S(=O)(=O)Nc2ccc(C)nc2)cc1F. The molecule has 8 heteroatoms. The van der Waals surface area contributed by atoms with Crippen molar-refractivity contribution in [2.24, 2.45) is 0 Å². The minimum Gasteiger partial charge on any atom is -0.492 e. The third-order valence-electron chi connectivity index (χ3n) is 2.72. The van der Waals surface area contributed by atoms with E-state index < -0.39 is 15.8 Å². The quantitative estimate of drug-likeness (QED) is 0.841. The molecule has 0 amide bonds. The van der Waals surface area contributed by atoms with Crippen LogP contribution in [0.25, 0.3) is 0 Å². The number of methoxy groups -OCH3 is 1. The van der Waals surface area contributed by atoms with Crippen LogP contribution in [0.5, 0.6) is 5.75 Å². The second-order valence-electron chi connectivity index (χ2n) is 4.32. The maximum Gasteiger partial charge on any atom is 0.262 e. The lowest BCUT2D eigenvalue weighted by Crippen LogP contribution is -2.14. The van der Waals surface area contributed by atoms with Crippen molar-refractivity contribution in [3.8, 4) is 5.75 Å². The summed E-state index contributed by atoms with van der Waals surface area (Å²) in [6.45, 7) is 1.78. The van der Waals surface area contributed by atoms with Crippen LogP contribution in [0, 0.1) is 12.7 Å². The van der Waals surface area contributed by atoms with Crippen LogP contribution in [-0.2, 0) is 10.0 Å². The van der Waals surface area contributed by atoms with Crippen LogP contribution < -0.4 is 15.2 Å². The van der Waals surface area contributed by atoms with E-state index in [9.17, 15) is 12.8 Å². The number of anilines is 2. The number of nitrogens with zero attached hydrogens (tertiary/aromatic N) is 1. The molecule has 6 nitrogen and oxygen atoms in total. The van der Waals surface area contributed by atoms with Gasteiger partial charge in [0.15, 0.2) is 11.6 Å². The van der Waals surface area contributed by atoms with Crippen LogP contribution in [-0.4, -0.2) is 20.5 Å². The molecule has 0 aliphatic carbocycles. The van der Waals surface area contributed by atoms with E-state index >= 15 is 0 Å². The highest BCUT2D eigenvalue weighted by Gasteiger charge is 2.19. The molecule has 0 aliphatic heterocycles. The van der Waals surface area contributed by atoms with Gasteiger partial charge < -0.3 is 10.5 Å². The van der Waals surface area contributed by atoms with Gasteiger partial charge in [-0.2, -0.15) is 0 Å². The number of nitrogen functional groups attached to an aromatic ring is 1. The maximum absolute atomic E-state index is 13.7. The molecule has 0 saturated carbocycles. The first kappa shape index (κ1) is 15.0. The lowest BCUT2D eigenvalue weighted by Gasteiger charge is -2.11. The Morgan fingerprint density at radius 2 is 2.05 bits per heavy atom. The minimum absolute atomic E-state index is 0.0973. The molecule has 112 valence electrons. The van der Waals surface area contributed by atoms with Gasteiger partial charge >= 0.3 is 0 Å². The summed E-state index contributed by atoms with van der Waals surface area (Å²) in [6, 6.07) is 5.19. The highest BCUT2D eigenvalue weighted by molar-refractivity contribution is 7.92. The minimum atomic E-state index is -3.96. The number of nitrogens with two attached hydrogens (primary N) is 1. The standard InChI is InChI=1S/C13H14FN3O3S/c1-8-3-4-9(7-16-8)17-21(18,19)10-5-11(14)13(20-2)12(15)6-10/h3-7,17H,15H2,1-2H3. The van der Waals surface area contributed by atoms with Gasteiger partial charge in [-0.15, -0.1) is 0 Å². The summed E-state index contributed by atoms with van der Waals surface area (Å²) in [4.78, 5) is 3.68. The molecular formula is C13H14FN3O3S. The van der Waals surface area contributed by atoms with E-state index in [2.05, 4.69) is 9.71 Å². The van der Waals surface area contributed by atoms with Crippen LogP contribution in [0.15, 0.2) is 35.4 Å². The van der Waals surface area contributed by atoms with Crippen LogP contribution in [0.4, 0.5) is 15.8 Å². The van der Waals surface area contributed by atoms with Gasteiger partial charge in [0.05, 0.1) is 29.6 Å². The van der Waals surface area contributed by atoms with E-state index in [0.29, 0.717) is 0 Å². The van der Waals surface area contributed by atoms with Gasteiger partial charge in [-0.1, -0.05) is 0 Å². The van der Waals surface area contributed by atoms with Crippen molar-refractivity contribution in [3.63, 3.8) is 0 Å². The smallest absolute Gasteiger partial charge is 0.262 e. The number of benzene rings is 1. The number of pyridine rings is 1. The highest BCUT2D eigenvalue weighted by atomic mass is 32.2. The predicted molar refractivity (Wildman–Crippen MR) is 77.1 cm³/mol. The number of nitrogens with one attached hydrogen (secondary N) is 1. The second-order valence-corrected chi connectivity index (χ2v) is 6.00. The highest BCUT2D eigenvalue weighted by Crippen LogP contribution is 2.29. The Bertz CT molecular complexity index is 738. The van der Waals surface area contributed by atoms with Gasteiger partial charge in [-0.05, 0) is 31.2 Å². The summed E-state index contributed by atoms with van der Waals surface area (Å²) in [5.41, 5.74) is 6.50. The van der Waals surface area contributed by atoms with Gasteiger partial charge in [0.25, 0.3) is 10.0 Å². The van der Waals surface area contributed by atoms with Crippen molar-refractivity contribution in [1.82, 2.24) is 4.98 Å². The van der Waals surface area contributed by atoms with Crippen LogP contribution in [0.3, 0.4) is 0 Å². The Hall–Kier alpha value is -2.35. The third-order valence-corrected chi connectivity index (χ3v) is 4.08. The first-order chi connectivity index (χ1) is 9.83. The molecule has 2 rings (SSSR count). The zero-order chi connectivity index (χ0) is 15.6. The molecule has 0 aliphatic rings. The predicted octanol–water partition coefficient (Wildman–Crippen LogP) is 1.92. The summed E-state index contributed by atoms with van der Waals surface area (Å²) in [7, 11) is -2.71. The molecule has 1 heterocycles. The van der Waals surface area contributed by atoms with Gasteiger partial charge in [0, 0.05) is 5.69 Å². The summed E-state index contributed by atoms with van der Waals surface area (Å²) in [5, 5.41) is 0. The molecule has 3 N–H and O–H groups in total. The van der Waals surface area contributed by atoms with Crippen molar-refractivity contribution in [2.75, 3.05) is 17.6 Å². The molecule has 0 unspecified atom stereocenters. The largest absolute Gasteiger partial charge is 0.492 e. The molecular weight excluding hydrogens is 297 g/mol. The van der Waals surface area contributed by atoms with Crippen molar-refractivity contribution in [3.05, 3.63) is 42.0 Å². The van der Waals surface area contributed by atoms with Crippen LogP contribution in [0.2, 0.25) is 0 Å². The number of rotatable bonds is 4. The monoisotopic (exact) mass is 311 g/mol. The summed E-state index contributed by atoms with van der Waals surface area (Å²) < 4.78 is 45.2. The number of aromatic nitrogens is 1. The maximum atomic E-state index is 13.7. The summed E-state index contributed by atoms with van der Waals surface area (Å²) in [5.74, 6) is -1.04. The Labute approximate surface area is 121 Å². The van der Waals surface area contributed by atoms with Gasteiger partial charge in [-0.25, -0.2) is 12.8 Å². The fraction of sp³-hybridized carbons (Fsp3) is 0.154. The van der Waals surface area contributed by atoms with Gasteiger partial charge in [-0.3, -0.25) is 9.71 Å². The Morgan fingerprint density at radius 3 is 2.57 bits per heavy atom. The Morgan fingerprint density at radius 1 is 1.33 bits per heavy atom. The molecule has 21 heavy (non-hydrogen) atoms. The summed E-state index contributed by atoms with van der Waals surface area (Å²) >= 11 is 0. The van der Waals surface area contributed by atoms with Crippen molar-refractivity contribution >= 4 is 21.4 Å². The van der Waals surface area contributed by atoms with Crippen molar-refractivity contribution in [2.45, 2.75) is 11.8 Å². The zero-order valence-electron chi connectivity index (χ0n) is 11.4. The number of aryl methyl sites for hydroxylation is 1. The fourth-order valence-electron chi connectivity index (χ4n) is 1.70. The summed E-state index contributed by atoms with van der Waals surface area (Å²) in [6.07, 6.45) is 1.37. The Balaban J connectivity index is 2.38. The average molecular weight is 311 g/mol. The molecule has 0 spiro atoms. The lowest BCUT2D eigenvalue weighted by atomic mass is 10.3. The van der Waals surface area contributed by atoms with Crippen LogP contribution >= 0.6 is 0 Å². The molecule has 1 aromatic carbocycles. The average Bonchev–Trinajstić information content (AvgIpc) is 2.41. The molecule has 0 radical (unpaired) electrons. The van der Waals surface area contributed by atoms with E-state index in [1.807, 2.05) is 0 Å². The topological polar surface area (TPSA) is 94.3 Å². The van der Waals surface area contributed by atoms with Gasteiger partial charge in [0.2, 0.25) is 0 Å². The van der Waals surface area contributed by atoms with E-state index in [4.69, 9.17) is 10.5 Å². The number of hydrogen-bond acceptors (Lipinski definition) is 5. The van der Waals surface area contributed by atoms with E-state index in [1.54, 1.807) is 19.1 Å². The molecule has 0 atom stereocenters. The normalized spacial score (nSPS) is 11.2. The second kappa shape index (κ2) is 5.57. The Kier molecular flexibility index (Phi) is 3.99. The number of ether oxygens (including phenoxy) is 1. The van der Waals surface area contributed by atoms with E-state index in [-0.39, 0.29) is 22.0 Å². The third kappa shape index (κ3) is 3.22. The number of halogens is 1. The lowest BCUT2D eigenvalue weighted by molar-refractivity contribution is 0.388. The number of sulfonamides is 1. The fourth-order valence-corrected chi connectivity index (χ4v) is 2.79. The molecule has 2 aromatic rings. The first-order valence-electron chi connectivity index (χ1n) is 5.92. The van der Waals surface area contributed by atoms with E-state index in [1.165, 1.54) is 13.3 Å². The van der Waals surface area contributed by atoms with E-state index in [0.717, 1.165) is 17.8 Å². The number of hydrogen-bond donors (Lipinski definition) is 2. The first-order valence-corrected chi connectivity index (χ1v) is 7.40. The molecule has 0 bridgehead atoms. The van der Waals surface area contributed by atoms with Crippen LogP contribution in [0.1, 0.15) is 5.69 Å². The molecule has 0 fully saturated rings. The van der Waals surface area contributed by atoms with Gasteiger partial charge in [0.1, 0.15) is 0 Å². The molecule has 1 aromatic heterocycles. The zero-order valence-corrected chi connectivity index (χ0v) is 12.2. The van der Waals surface area contributed by atoms with Crippen molar-refractivity contribution in [1.29, 1.82) is 0 Å². The van der Waals surface area contributed by atoms with Crippen molar-refractivity contribution < 1.29 is 17.5 Å².